The van der Waals surface area contributed by atoms with E-state index in [1.807, 2.05) is 0 Å². The molecule has 0 spiro atoms. The maximum Gasteiger partial charge on any atom is 0.261 e. The molecule has 2 aromatic carbocycles. The van der Waals surface area contributed by atoms with Gasteiger partial charge in [-0.3, -0.25) is 0 Å². The zero-order chi connectivity index (χ0) is 17.9. The Morgan fingerprint density at radius 3 is 1.88 bits per heavy atom. The highest BCUT2D eigenvalue weighted by Crippen LogP contribution is 2.40. The third kappa shape index (κ3) is 3.36. The lowest BCUT2D eigenvalue weighted by molar-refractivity contribution is -0.113. The normalized spacial score (nSPS) is 21.2. The molecule has 0 aliphatic heterocycles. The summed E-state index contributed by atoms with van der Waals surface area (Å²) in [6.07, 6.45) is 4.14. The van der Waals surface area contributed by atoms with Crippen LogP contribution in [0.25, 0.3) is 0 Å². The first-order chi connectivity index (χ1) is 12.0. The second-order valence-corrected chi connectivity index (χ2v) is 12.3. The Bertz CT molecular complexity index is 651. The van der Waals surface area contributed by atoms with Gasteiger partial charge in [-0.2, -0.15) is 0 Å². The Morgan fingerprint density at radius 1 is 0.920 bits per heavy atom. The quantitative estimate of drug-likeness (QED) is 0.602. The lowest BCUT2D eigenvalue weighted by Crippen LogP contribution is -2.68. The van der Waals surface area contributed by atoms with Crippen LogP contribution in [0.1, 0.15) is 40.0 Å². The van der Waals surface area contributed by atoms with Crippen molar-refractivity contribution < 1.29 is 9.22 Å². The second kappa shape index (κ2) is 7.26. The summed E-state index contributed by atoms with van der Waals surface area (Å²) in [4.78, 5) is 11.6. The highest BCUT2D eigenvalue weighted by Gasteiger charge is 2.52. The number of benzene rings is 2. The monoisotopic (exact) mass is 352 g/mol. The van der Waals surface area contributed by atoms with Crippen LogP contribution >= 0.6 is 0 Å². The minimum absolute atomic E-state index is 0.0293. The smallest absolute Gasteiger partial charge is 0.261 e. The van der Waals surface area contributed by atoms with Crippen molar-refractivity contribution in [3.8, 4) is 0 Å². The Morgan fingerprint density at radius 2 is 1.44 bits per heavy atom. The molecule has 0 saturated heterocycles. The SMILES string of the molecule is CC(C)(C)[Si](OC1CCCC1C=O)(c1ccccc1)c1ccccc1. The van der Waals surface area contributed by atoms with E-state index in [-0.39, 0.29) is 17.1 Å². The van der Waals surface area contributed by atoms with Crippen molar-refractivity contribution in [2.24, 2.45) is 5.92 Å². The summed E-state index contributed by atoms with van der Waals surface area (Å²) in [6, 6.07) is 21.3. The van der Waals surface area contributed by atoms with Crippen LogP contribution in [0.15, 0.2) is 60.7 Å². The Hall–Kier alpha value is -1.71. The Kier molecular flexibility index (Phi) is 5.26. The van der Waals surface area contributed by atoms with E-state index in [1.54, 1.807) is 0 Å². The minimum Gasteiger partial charge on any atom is -0.404 e. The molecule has 0 radical (unpaired) electrons. The summed E-state index contributed by atoms with van der Waals surface area (Å²) in [7, 11) is -2.53. The summed E-state index contributed by atoms with van der Waals surface area (Å²) in [5.74, 6) is 0.0293. The zero-order valence-corrected chi connectivity index (χ0v) is 16.4. The molecular formula is C22H28O2Si. The molecule has 2 nitrogen and oxygen atoms in total. The number of hydrogen-bond acceptors (Lipinski definition) is 2. The first kappa shape index (κ1) is 18.1. The van der Waals surface area contributed by atoms with Crippen LogP contribution in [-0.4, -0.2) is 20.7 Å². The molecule has 1 saturated carbocycles. The van der Waals surface area contributed by atoms with Gasteiger partial charge < -0.3 is 9.22 Å². The molecule has 1 aliphatic carbocycles. The number of hydrogen-bond donors (Lipinski definition) is 0. The van der Waals surface area contributed by atoms with Crippen molar-refractivity contribution in [2.75, 3.05) is 0 Å². The fourth-order valence-corrected chi connectivity index (χ4v) is 8.94. The molecule has 0 bridgehead atoms. The van der Waals surface area contributed by atoms with Crippen molar-refractivity contribution in [3.63, 3.8) is 0 Å². The van der Waals surface area contributed by atoms with Gasteiger partial charge in [0.15, 0.2) is 0 Å². The van der Waals surface area contributed by atoms with Gasteiger partial charge in [0.1, 0.15) is 6.29 Å². The van der Waals surface area contributed by atoms with Crippen molar-refractivity contribution >= 4 is 25.0 Å². The van der Waals surface area contributed by atoms with E-state index in [9.17, 15) is 4.79 Å². The van der Waals surface area contributed by atoms with Gasteiger partial charge in [-0.05, 0) is 28.3 Å². The highest BCUT2D eigenvalue weighted by molar-refractivity contribution is 6.99. The van der Waals surface area contributed by atoms with Crippen molar-refractivity contribution in [3.05, 3.63) is 60.7 Å². The predicted molar refractivity (Wildman–Crippen MR) is 106 cm³/mol. The van der Waals surface area contributed by atoms with Gasteiger partial charge in [-0.25, -0.2) is 0 Å². The third-order valence-electron chi connectivity index (χ3n) is 5.42. The highest BCUT2D eigenvalue weighted by atomic mass is 28.4. The van der Waals surface area contributed by atoms with Gasteiger partial charge >= 0.3 is 0 Å². The summed E-state index contributed by atoms with van der Waals surface area (Å²) >= 11 is 0. The van der Waals surface area contributed by atoms with E-state index in [0.717, 1.165) is 25.5 Å². The maximum absolute atomic E-state index is 11.6. The number of aldehydes is 1. The standard InChI is InChI=1S/C22H28O2Si/c1-22(2,3)25(19-12-6-4-7-13-19,20-14-8-5-9-15-20)24-21-16-10-11-18(21)17-23/h4-9,12-15,17-18,21H,10-11,16H2,1-3H3. The fourth-order valence-electron chi connectivity index (χ4n) is 4.18. The van der Waals surface area contributed by atoms with Gasteiger partial charge in [0, 0.05) is 5.92 Å². The molecule has 0 heterocycles. The first-order valence-corrected chi connectivity index (χ1v) is 11.1. The van der Waals surface area contributed by atoms with E-state index >= 15 is 0 Å². The average molecular weight is 353 g/mol. The molecule has 0 aromatic heterocycles. The fraction of sp³-hybridized carbons (Fsp3) is 0.409. The average Bonchev–Trinajstić information content (AvgIpc) is 3.07. The molecule has 132 valence electrons. The van der Waals surface area contributed by atoms with Crippen LogP contribution in [0.5, 0.6) is 0 Å². The number of carbonyl (C=O) groups is 1. The van der Waals surface area contributed by atoms with Gasteiger partial charge in [-0.1, -0.05) is 87.9 Å². The van der Waals surface area contributed by atoms with Crippen molar-refractivity contribution in [2.45, 2.75) is 51.2 Å². The van der Waals surface area contributed by atoms with Gasteiger partial charge in [-0.15, -0.1) is 0 Å². The molecule has 1 fully saturated rings. The van der Waals surface area contributed by atoms with Crippen LogP contribution in [0.4, 0.5) is 0 Å². The largest absolute Gasteiger partial charge is 0.404 e. The van der Waals surface area contributed by atoms with E-state index in [1.165, 1.54) is 10.4 Å². The minimum atomic E-state index is -2.53. The lowest BCUT2D eigenvalue weighted by atomic mass is 10.1. The van der Waals surface area contributed by atoms with Crippen molar-refractivity contribution in [1.82, 2.24) is 0 Å². The van der Waals surface area contributed by atoms with Crippen LogP contribution in [0, 0.1) is 5.92 Å². The summed E-state index contributed by atoms with van der Waals surface area (Å²) in [5, 5.41) is 2.53. The van der Waals surface area contributed by atoms with Gasteiger partial charge in [0.05, 0.1) is 6.10 Å². The number of carbonyl (C=O) groups excluding carboxylic acids is 1. The Balaban J connectivity index is 2.17. The lowest BCUT2D eigenvalue weighted by Gasteiger charge is -2.45. The predicted octanol–water partition coefficient (Wildman–Crippen LogP) is 3.93. The van der Waals surface area contributed by atoms with Gasteiger partial charge in [0.25, 0.3) is 8.32 Å². The molecule has 3 rings (SSSR count). The van der Waals surface area contributed by atoms with Gasteiger partial charge in [0.2, 0.25) is 0 Å². The molecular weight excluding hydrogens is 324 g/mol. The molecule has 0 N–H and O–H groups in total. The molecule has 0 amide bonds. The number of rotatable bonds is 5. The van der Waals surface area contributed by atoms with E-state index in [2.05, 4.69) is 81.4 Å². The molecule has 25 heavy (non-hydrogen) atoms. The molecule has 2 aromatic rings. The Labute approximate surface area is 152 Å². The van der Waals surface area contributed by atoms with Crippen LogP contribution < -0.4 is 10.4 Å². The summed E-state index contributed by atoms with van der Waals surface area (Å²) in [5.41, 5.74) is 0. The molecule has 2 unspecified atom stereocenters. The topological polar surface area (TPSA) is 26.3 Å². The van der Waals surface area contributed by atoms with E-state index < -0.39 is 8.32 Å². The van der Waals surface area contributed by atoms with Crippen LogP contribution in [-0.2, 0) is 9.22 Å². The summed E-state index contributed by atoms with van der Waals surface area (Å²) < 4.78 is 7.05. The zero-order valence-electron chi connectivity index (χ0n) is 15.4. The van der Waals surface area contributed by atoms with Crippen LogP contribution in [0.2, 0.25) is 5.04 Å². The first-order valence-electron chi connectivity index (χ1n) is 9.23. The van der Waals surface area contributed by atoms with E-state index in [0.29, 0.717) is 0 Å². The van der Waals surface area contributed by atoms with Crippen molar-refractivity contribution in [1.29, 1.82) is 0 Å². The molecule has 2 atom stereocenters. The summed E-state index contributed by atoms with van der Waals surface area (Å²) in [6.45, 7) is 6.85. The second-order valence-electron chi connectivity index (χ2n) is 8.05. The molecule has 1 aliphatic rings. The van der Waals surface area contributed by atoms with E-state index in [4.69, 9.17) is 4.43 Å². The third-order valence-corrected chi connectivity index (χ3v) is 10.5. The maximum atomic E-state index is 11.6. The van der Waals surface area contributed by atoms with Crippen LogP contribution in [0.3, 0.4) is 0 Å². The molecule has 3 heteroatoms.